The average Bonchev–Trinajstić information content (AvgIpc) is 3.04. The highest BCUT2D eigenvalue weighted by molar-refractivity contribution is 9.10. The van der Waals surface area contributed by atoms with Gasteiger partial charge >= 0.3 is 0 Å². The Morgan fingerprint density at radius 3 is 2.18 bits per heavy atom. The first-order valence-corrected chi connectivity index (χ1v) is 10.9. The maximum absolute atomic E-state index is 6.17. The Bertz CT molecular complexity index is 1070. The molecule has 0 bridgehead atoms. The lowest BCUT2D eigenvalue weighted by Crippen LogP contribution is -2.04. The van der Waals surface area contributed by atoms with Gasteiger partial charge in [-0.3, -0.25) is 0 Å². The SMILES string of the molecule is Nc1nc(SCCc2ccccc2)nc2c1nc(Br)n2CCc1ccccc1. The summed E-state index contributed by atoms with van der Waals surface area (Å²) >= 11 is 5.16. The van der Waals surface area contributed by atoms with Crippen LogP contribution in [0.2, 0.25) is 0 Å². The first kappa shape index (κ1) is 19.0. The van der Waals surface area contributed by atoms with E-state index < -0.39 is 0 Å². The minimum Gasteiger partial charge on any atom is -0.382 e. The molecule has 0 aliphatic rings. The molecule has 2 aromatic carbocycles. The Labute approximate surface area is 176 Å². The van der Waals surface area contributed by atoms with Gasteiger partial charge in [0.05, 0.1) is 0 Å². The van der Waals surface area contributed by atoms with Gasteiger partial charge in [0.2, 0.25) is 0 Å². The van der Waals surface area contributed by atoms with Gasteiger partial charge in [-0.1, -0.05) is 72.4 Å². The van der Waals surface area contributed by atoms with Gasteiger partial charge in [0.25, 0.3) is 0 Å². The molecule has 2 heterocycles. The van der Waals surface area contributed by atoms with E-state index in [0.29, 0.717) is 16.5 Å². The first-order valence-electron chi connectivity index (χ1n) is 9.10. The Kier molecular flexibility index (Phi) is 5.92. The van der Waals surface area contributed by atoms with Crippen LogP contribution in [0, 0.1) is 0 Å². The van der Waals surface area contributed by atoms with Gasteiger partial charge < -0.3 is 10.3 Å². The topological polar surface area (TPSA) is 69.6 Å². The van der Waals surface area contributed by atoms with Crippen LogP contribution in [0.4, 0.5) is 5.82 Å². The van der Waals surface area contributed by atoms with Crippen molar-refractivity contribution in [3.05, 3.63) is 76.5 Å². The summed E-state index contributed by atoms with van der Waals surface area (Å²) in [5.74, 6) is 1.32. The molecule has 28 heavy (non-hydrogen) atoms. The van der Waals surface area contributed by atoms with E-state index >= 15 is 0 Å². The van der Waals surface area contributed by atoms with Crippen LogP contribution in [-0.2, 0) is 19.4 Å². The molecule has 4 rings (SSSR count). The number of hydrogen-bond acceptors (Lipinski definition) is 5. The third-order valence-electron chi connectivity index (χ3n) is 4.49. The molecule has 0 spiro atoms. The van der Waals surface area contributed by atoms with Gasteiger partial charge in [-0.25, -0.2) is 15.0 Å². The monoisotopic (exact) mass is 453 g/mol. The van der Waals surface area contributed by atoms with E-state index in [1.165, 1.54) is 11.1 Å². The fraction of sp³-hybridized carbons (Fsp3) is 0.190. The van der Waals surface area contributed by atoms with E-state index in [9.17, 15) is 0 Å². The van der Waals surface area contributed by atoms with Gasteiger partial charge in [-0.15, -0.1) is 0 Å². The van der Waals surface area contributed by atoms with E-state index in [1.807, 2.05) is 12.1 Å². The van der Waals surface area contributed by atoms with Crippen LogP contribution in [0.3, 0.4) is 0 Å². The lowest BCUT2D eigenvalue weighted by atomic mass is 10.1. The molecule has 5 nitrogen and oxygen atoms in total. The smallest absolute Gasteiger partial charge is 0.191 e. The largest absolute Gasteiger partial charge is 0.382 e. The number of rotatable bonds is 7. The van der Waals surface area contributed by atoms with Crippen molar-refractivity contribution in [3.63, 3.8) is 0 Å². The van der Waals surface area contributed by atoms with Crippen molar-refractivity contribution in [1.29, 1.82) is 0 Å². The summed E-state index contributed by atoms with van der Waals surface area (Å²) in [4.78, 5) is 13.7. The van der Waals surface area contributed by atoms with Crippen LogP contribution >= 0.6 is 27.7 Å². The molecule has 0 saturated carbocycles. The van der Waals surface area contributed by atoms with Gasteiger partial charge in [0.15, 0.2) is 26.9 Å². The molecule has 0 aliphatic heterocycles. The number of imidazole rings is 1. The number of aromatic nitrogens is 4. The Morgan fingerprint density at radius 1 is 0.857 bits per heavy atom. The van der Waals surface area contributed by atoms with Crippen molar-refractivity contribution in [3.8, 4) is 0 Å². The van der Waals surface area contributed by atoms with Crippen LogP contribution in [0.5, 0.6) is 0 Å². The minimum absolute atomic E-state index is 0.423. The number of halogens is 1. The average molecular weight is 454 g/mol. The molecule has 0 fully saturated rings. The summed E-state index contributed by atoms with van der Waals surface area (Å²) in [5, 5.41) is 0.689. The lowest BCUT2D eigenvalue weighted by Gasteiger charge is -2.07. The first-order chi connectivity index (χ1) is 13.7. The Morgan fingerprint density at radius 2 is 1.50 bits per heavy atom. The molecule has 0 radical (unpaired) electrons. The van der Waals surface area contributed by atoms with Crippen LogP contribution in [0.25, 0.3) is 11.2 Å². The molecule has 0 saturated heterocycles. The van der Waals surface area contributed by atoms with Crippen LogP contribution in [0.15, 0.2) is 70.6 Å². The quantitative estimate of drug-likeness (QED) is 0.248. The zero-order valence-corrected chi connectivity index (χ0v) is 17.7. The number of nitrogens with zero attached hydrogens (tertiary/aromatic N) is 4. The number of nitrogen functional groups attached to an aromatic ring is 1. The van der Waals surface area contributed by atoms with Gasteiger partial charge in [0.1, 0.15) is 0 Å². The summed E-state index contributed by atoms with van der Waals surface area (Å²) in [6.07, 6.45) is 1.86. The van der Waals surface area contributed by atoms with Crippen LogP contribution < -0.4 is 5.73 Å². The maximum Gasteiger partial charge on any atom is 0.191 e. The van der Waals surface area contributed by atoms with Gasteiger partial charge in [-0.05, 0) is 39.9 Å². The number of benzene rings is 2. The van der Waals surface area contributed by atoms with E-state index in [1.54, 1.807) is 11.8 Å². The van der Waals surface area contributed by atoms with Crippen LogP contribution in [0.1, 0.15) is 11.1 Å². The fourth-order valence-electron chi connectivity index (χ4n) is 3.03. The number of anilines is 1. The molecule has 4 aromatic rings. The van der Waals surface area contributed by atoms with Gasteiger partial charge in [0, 0.05) is 12.3 Å². The predicted octanol–water partition coefficient (Wildman–Crippen LogP) is 4.75. The summed E-state index contributed by atoms with van der Waals surface area (Å²) in [5.41, 5.74) is 10.2. The second-order valence-corrected chi connectivity index (χ2v) is 8.19. The minimum atomic E-state index is 0.423. The molecule has 0 unspecified atom stereocenters. The number of hydrogen-bond donors (Lipinski definition) is 1. The Balaban J connectivity index is 1.52. The molecule has 142 valence electrons. The molecular weight excluding hydrogens is 434 g/mol. The highest BCUT2D eigenvalue weighted by Gasteiger charge is 2.15. The number of nitrogens with two attached hydrogens (primary N) is 1. The number of fused-ring (bicyclic) bond motifs is 1. The van der Waals surface area contributed by atoms with Crippen LogP contribution in [-0.4, -0.2) is 25.3 Å². The molecular formula is C21H20BrN5S. The van der Waals surface area contributed by atoms with Crippen molar-refractivity contribution < 1.29 is 0 Å². The normalized spacial score (nSPS) is 11.2. The molecule has 0 amide bonds. The second kappa shape index (κ2) is 8.75. The lowest BCUT2D eigenvalue weighted by molar-refractivity contribution is 0.690. The number of aryl methyl sites for hydroxylation is 3. The number of thioether (sulfide) groups is 1. The Hall–Kier alpha value is -2.38. The summed E-state index contributed by atoms with van der Waals surface area (Å²) < 4.78 is 2.78. The second-order valence-electron chi connectivity index (χ2n) is 6.42. The van der Waals surface area contributed by atoms with Crippen molar-refractivity contribution in [1.82, 2.24) is 19.5 Å². The molecule has 7 heteroatoms. The van der Waals surface area contributed by atoms with E-state index in [-0.39, 0.29) is 0 Å². The fourth-order valence-corrected chi connectivity index (χ4v) is 4.38. The zero-order chi connectivity index (χ0) is 19.3. The van der Waals surface area contributed by atoms with Crippen molar-refractivity contribution in [2.24, 2.45) is 0 Å². The third kappa shape index (κ3) is 4.36. The standard InChI is InChI=1S/C21H20BrN5S/c22-20-24-17-18(23)25-21(28-14-12-16-9-5-2-6-10-16)26-19(17)27(20)13-11-15-7-3-1-4-8-15/h1-10H,11-14H2,(H2,23,25,26). The van der Waals surface area contributed by atoms with Crippen molar-refractivity contribution in [2.75, 3.05) is 11.5 Å². The summed E-state index contributed by atoms with van der Waals surface area (Å²) in [7, 11) is 0. The van der Waals surface area contributed by atoms with E-state index in [0.717, 1.165) is 35.5 Å². The molecule has 2 N–H and O–H groups in total. The summed E-state index contributed by atoms with van der Waals surface area (Å²) in [6, 6.07) is 20.8. The molecule has 0 atom stereocenters. The highest BCUT2D eigenvalue weighted by Crippen LogP contribution is 2.26. The molecule has 0 aliphatic carbocycles. The van der Waals surface area contributed by atoms with E-state index in [4.69, 9.17) is 10.7 Å². The third-order valence-corrected chi connectivity index (χ3v) is 5.94. The van der Waals surface area contributed by atoms with Crippen molar-refractivity contribution in [2.45, 2.75) is 24.5 Å². The van der Waals surface area contributed by atoms with Gasteiger partial charge in [-0.2, -0.15) is 0 Å². The summed E-state index contributed by atoms with van der Waals surface area (Å²) in [6.45, 7) is 0.770. The van der Waals surface area contributed by atoms with E-state index in [2.05, 4.69) is 79.0 Å². The molecule has 2 aromatic heterocycles. The predicted molar refractivity (Wildman–Crippen MR) is 118 cm³/mol. The maximum atomic E-state index is 6.17. The van der Waals surface area contributed by atoms with Crippen molar-refractivity contribution >= 4 is 44.7 Å². The zero-order valence-electron chi connectivity index (χ0n) is 15.3. The highest BCUT2D eigenvalue weighted by atomic mass is 79.9.